The average molecular weight is 277 g/mol. The largest absolute Gasteiger partial charge is 0.493 e. The number of hydrogen-bond donors (Lipinski definition) is 0. The van der Waals surface area contributed by atoms with E-state index in [9.17, 15) is 4.79 Å². The first-order chi connectivity index (χ1) is 9.19. The molecule has 0 radical (unpaired) electrons. The van der Waals surface area contributed by atoms with Crippen LogP contribution >= 0.6 is 11.6 Å². The van der Waals surface area contributed by atoms with Gasteiger partial charge in [0.05, 0.1) is 14.2 Å². The minimum absolute atomic E-state index is 0.525. The van der Waals surface area contributed by atoms with Gasteiger partial charge in [0.2, 0.25) is 0 Å². The van der Waals surface area contributed by atoms with Gasteiger partial charge in [-0.15, -0.1) is 0 Å². The van der Waals surface area contributed by atoms with Crippen LogP contribution in [0.25, 0.3) is 11.1 Å². The van der Waals surface area contributed by atoms with E-state index < -0.39 is 0 Å². The Labute approximate surface area is 116 Å². The first-order valence-electron chi connectivity index (χ1n) is 5.66. The zero-order valence-electron chi connectivity index (χ0n) is 10.6. The molecule has 0 saturated heterocycles. The molecule has 98 valence electrons. The molecule has 2 rings (SSSR count). The summed E-state index contributed by atoms with van der Waals surface area (Å²) in [5.74, 6) is 1.12. The second-order valence-electron chi connectivity index (χ2n) is 3.93. The van der Waals surface area contributed by atoms with E-state index in [2.05, 4.69) is 0 Å². The van der Waals surface area contributed by atoms with E-state index in [1.165, 1.54) is 7.11 Å². The first-order valence-corrected chi connectivity index (χ1v) is 6.04. The first kappa shape index (κ1) is 13.4. The lowest BCUT2D eigenvalue weighted by Crippen LogP contribution is -1.95. The number of rotatable bonds is 4. The standard InChI is InChI=1S/C15H13ClO3/c1-18-14-8-10(9-17)7-13(15(14)19-2)11-3-5-12(16)6-4-11/h3-9H,1-2H3. The summed E-state index contributed by atoms with van der Waals surface area (Å²) in [7, 11) is 3.11. The molecule has 4 heteroatoms. The van der Waals surface area contributed by atoms with Crippen molar-refractivity contribution in [3.63, 3.8) is 0 Å². The zero-order chi connectivity index (χ0) is 13.8. The maximum atomic E-state index is 11.0. The van der Waals surface area contributed by atoms with Crippen molar-refractivity contribution in [2.75, 3.05) is 14.2 Å². The number of benzene rings is 2. The fourth-order valence-electron chi connectivity index (χ4n) is 1.90. The molecule has 0 aliphatic heterocycles. The second-order valence-corrected chi connectivity index (χ2v) is 4.37. The molecule has 0 fully saturated rings. The van der Waals surface area contributed by atoms with Crippen LogP contribution in [0.1, 0.15) is 10.4 Å². The van der Waals surface area contributed by atoms with E-state index in [-0.39, 0.29) is 0 Å². The Morgan fingerprint density at radius 3 is 2.26 bits per heavy atom. The number of carbonyl (C=O) groups excluding carboxylic acids is 1. The highest BCUT2D eigenvalue weighted by Crippen LogP contribution is 2.39. The third-order valence-electron chi connectivity index (χ3n) is 2.79. The summed E-state index contributed by atoms with van der Waals surface area (Å²) in [6, 6.07) is 10.7. The Morgan fingerprint density at radius 1 is 1.05 bits per heavy atom. The summed E-state index contributed by atoms with van der Waals surface area (Å²) in [5, 5.41) is 0.654. The Bertz CT molecular complexity index is 591. The molecular weight excluding hydrogens is 264 g/mol. The van der Waals surface area contributed by atoms with Crippen LogP contribution in [0.3, 0.4) is 0 Å². The summed E-state index contributed by atoms with van der Waals surface area (Å²) >= 11 is 5.88. The van der Waals surface area contributed by atoms with E-state index >= 15 is 0 Å². The van der Waals surface area contributed by atoms with Gasteiger partial charge >= 0.3 is 0 Å². The van der Waals surface area contributed by atoms with Crippen molar-refractivity contribution in [2.45, 2.75) is 0 Å². The van der Waals surface area contributed by atoms with Gasteiger partial charge in [-0.05, 0) is 29.8 Å². The van der Waals surface area contributed by atoms with Crippen LogP contribution in [0.5, 0.6) is 11.5 Å². The molecule has 0 amide bonds. The fourth-order valence-corrected chi connectivity index (χ4v) is 2.02. The van der Waals surface area contributed by atoms with Gasteiger partial charge in [0.1, 0.15) is 6.29 Å². The number of halogens is 1. The van der Waals surface area contributed by atoms with E-state index in [4.69, 9.17) is 21.1 Å². The lowest BCUT2D eigenvalue weighted by molar-refractivity contribution is 0.112. The SMILES string of the molecule is COc1cc(C=O)cc(-c2ccc(Cl)cc2)c1OC. The molecular formula is C15H13ClO3. The minimum atomic E-state index is 0.525. The Kier molecular flexibility index (Phi) is 4.07. The van der Waals surface area contributed by atoms with Gasteiger partial charge in [-0.1, -0.05) is 23.7 Å². The second kappa shape index (κ2) is 5.76. The van der Waals surface area contributed by atoms with Crippen LogP contribution < -0.4 is 9.47 Å². The fraction of sp³-hybridized carbons (Fsp3) is 0.133. The summed E-state index contributed by atoms with van der Waals surface area (Å²) < 4.78 is 10.6. The average Bonchev–Trinajstić information content (AvgIpc) is 2.46. The predicted molar refractivity (Wildman–Crippen MR) is 75.4 cm³/mol. The quantitative estimate of drug-likeness (QED) is 0.796. The van der Waals surface area contributed by atoms with Crippen molar-refractivity contribution in [2.24, 2.45) is 0 Å². The molecule has 0 atom stereocenters. The molecule has 2 aromatic rings. The Hall–Kier alpha value is -2.00. The molecule has 2 aromatic carbocycles. The number of methoxy groups -OCH3 is 2. The van der Waals surface area contributed by atoms with Gasteiger partial charge in [-0.2, -0.15) is 0 Å². The number of aldehydes is 1. The summed E-state index contributed by atoms with van der Waals surface area (Å²) in [4.78, 5) is 11.0. The van der Waals surface area contributed by atoms with Crippen LogP contribution in [0.15, 0.2) is 36.4 Å². The van der Waals surface area contributed by atoms with Crippen LogP contribution in [-0.4, -0.2) is 20.5 Å². The van der Waals surface area contributed by atoms with Crippen LogP contribution in [-0.2, 0) is 0 Å². The summed E-state index contributed by atoms with van der Waals surface area (Å²) in [6.07, 6.45) is 0.779. The van der Waals surface area contributed by atoms with Crippen molar-refractivity contribution < 1.29 is 14.3 Å². The summed E-state index contributed by atoms with van der Waals surface area (Å²) in [6.45, 7) is 0. The van der Waals surface area contributed by atoms with E-state index in [0.29, 0.717) is 22.1 Å². The van der Waals surface area contributed by atoms with Crippen LogP contribution in [0.2, 0.25) is 5.02 Å². The molecule has 0 spiro atoms. The molecule has 0 saturated carbocycles. The third-order valence-corrected chi connectivity index (χ3v) is 3.04. The highest BCUT2D eigenvalue weighted by molar-refractivity contribution is 6.30. The lowest BCUT2D eigenvalue weighted by atomic mass is 10.0. The molecule has 0 aliphatic carbocycles. The molecule has 0 unspecified atom stereocenters. The maximum Gasteiger partial charge on any atom is 0.168 e. The minimum Gasteiger partial charge on any atom is -0.493 e. The maximum absolute atomic E-state index is 11.0. The monoisotopic (exact) mass is 276 g/mol. The topological polar surface area (TPSA) is 35.5 Å². The lowest BCUT2D eigenvalue weighted by Gasteiger charge is -2.14. The summed E-state index contributed by atoms with van der Waals surface area (Å²) in [5.41, 5.74) is 2.23. The van der Waals surface area contributed by atoms with Gasteiger partial charge in [-0.25, -0.2) is 0 Å². The number of carbonyl (C=O) groups is 1. The Morgan fingerprint density at radius 2 is 1.74 bits per heavy atom. The van der Waals surface area contributed by atoms with Gasteiger partial charge in [0.15, 0.2) is 11.5 Å². The molecule has 0 heterocycles. The molecule has 19 heavy (non-hydrogen) atoms. The van der Waals surface area contributed by atoms with E-state index in [1.54, 1.807) is 31.4 Å². The normalized spacial score (nSPS) is 10.1. The smallest absolute Gasteiger partial charge is 0.168 e. The van der Waals surface area contributed by atoms with E-state index in [1.807, 2.05) is 12.1 Å². The van der Waals surface area contributed by atoms with Crippen molar-refractivity contribution >= 4 is 17.9 Å². The number of hydrogen-bond acceptors (Lipinski definition) is 3. The van der Waals surface area contributed by atoms with Gasteiger partial charge in [-0.3, -0.25) is 4.79 Å². The third kappa shape index (κ3) is 2.71. The molecule has 0 aromatic heterocycles. The van der Waals surface area contributed by atoms with Crippen molar-refractivity contribution in [3.05, 3.63) is 47.0 Å². The van der Waals surface area contributed by atoms with Crippen molar-refractivity contribution in [1.82, 2.24) is 0 Å². The molecule has 0 bridgehead atoms. The van der Waals surface area contributed by atoms with Gasteiger partial charge in [0, 0.05) is 16.1 Å². The number of ether oxygens (including phenoxy) is 2. The van der Waals surface area contributed by atoms with Crippen molar-refractivity contribution in [3.8, 4) is 22.6 Å². The van der Waals surface area contributed by atoms with E-state index in [0.717, 1.165) is 17.4 Å². The van der Waals surface area contributed by atoms with Gasteiger partial charge < -0.3 is 9.47 Å². The van der Waals surface area contributed by atoms with Crippen LogP contribution in [0.4, 0.5) is 0 Å². The Balaban J connectivity index is 2.65. The highest BCUT2D eigenvalue weighted by Gasteiger charge is 2.13. The zero-order valence-corrected chi connectivity index (χ0v) is 11.4. The van der Waals surface area contributed by atoms with Crippen molar-refractivity contribution in [1.29, 1.82) is 0 Å². The van der Waals surface area contributed by atoms with Gasteiger partial charge in [0.25, 0.3) is 0 Å². The molecule has 0 aliphatic rings. The molecule has 0 N–H and O–H groups in total. The molecule has 3 nitrogen and oxygen atoms in total. The highest BCUT2D eigenvalue weighted by atomic mass is 35.5. The predicted octanol–water partition coefficient (Wildman–Crippen LogP) is 3.84. The van der Waals surface area contributed by atoms with Crippen LogP contribution in [0, 0.1) is 0 Å².